The van der Waals surface area contributed by atoms with Crippen LogP contribution in [-0.2, 0) is 0 Å². The van der Waals surface area contributed by atoms with Crippen molar-refractivity contribution < 1.29 is 4.79 Å². The third-order valence-corrected chi connectivity index (χ3v) is 3.98. The van der Waals surface area contributed by atoms with Crippen LogP contribution in [0.25, 0.3) is 0 Å². The Labute approximate surface area is 119 Å². The van der Waals surface area contributed by atoms with E-state index in [0.717, 1.165) is 0 Å². The van der Waals surface area contributed by atoms with Crippen LogP contribution < -0.4 is 10.6 Å². The molecule has 6 heteroatoms. The van der Waals surface area contributed by atoms with E-state index in [0.29, 0.717) is 25.6 Å². The maximum Gasteiger partial charge on any atom is 0.260 e. The Bertz CT molecular complexity index is 598. The number of rotatable bonds is 2. The number of carbonyl (C=O) groups excluding carboxylic acids is 1. The molecule has 1 aromatic carbocycles. The summed E-state index contributed by atoms with van der Waals surface area (Å²) in [5.74, 6) is -0.235. The van der Waals surface area contributed by atoms with Crippen LogP contribution >= 0.6 is 34.5 Å². The van der Waals surface area contributed by atoms with Crippen molar-refractivity contribution in [3.63, 3.8) is 0 Å². The second kappa shape index (κ2) is 5.18. The minimum Gasteiger partial charge on any atom is -0.397 e. The van der Waals surface area contributed by atoms with Crippen LogP contribution in [0.3, 0.4) is 0 Å². The van der Waals surface area contributed by atoms with Gasteiger partial charge >= 0.3 is 0 Å². The van der Waals surface area contributed by atoms with Gasteiger partial charge in [0.1, 0.15) is 4.34 Å². The van der Waals surface area contributed by atoms with Gasteiger partial charge in [0.25, 0.3) is 5.91 Å². The fourth-order valence-corrected chi connectivity index (χ4v) is 3.02. The molecule has 2 rings (SSSR count). The zero-order valence-corrected chi connectivity index (χ0v) is 11.8. The van der Waals surface area contributed by atoms with Gasteiger partial charge in [-0.15, -0.1) is 11.3 Å². The summed E-state index contributed by atoms with van der Waals surface area (Å²) >= 11 is 13.0. The summed E-state index contributed by atoms with van der Waals surface area (Å²) in [6, 6.07) is 8.70. The van der Waals surface area contributed by atoms with E-state index in [1.807, 2.05) is 12.1 Å². The summed E-state index contributed by atoms with van der Waals surface area (Å²) in [5.41, 5.74) is 7.39. The van der Waals surface area contributed by atoms with Gasteiger partial charge in [0.15, 0.2) is 0 Å². The van der Waals surface area contributed by atoms with Crippen molar-refractivity contribution in [2.75, 3.05) is 17.7 Å². The van der Waals surface area contributed by atoms with Gasteiger partial charge in [-0.25, -0.2) is 0 Å². The fourth-order valence-electron chi connectivity index (χ4n) is 1.57. The van der Waals surface area contributed by atoms with E-state index in [1.165, 1.54) is 16.2 Å². The molecular formula is C12H10Cl2N2OS. The van der Waals surface area contributed by atoms with Gasteiger partial charge < -0.3 is 10.6 Å². The van der Waals surface area contributed by atoms with Gasteiger partial charge in [-0.05, 0) is 18.2 Å². The first-order valence-electron chi connectivity index (χ1n) is 5.08. The van der Waals surface area contributed by atoms with E-state index >= 15 is 0 Å². The smallest absolute Gasteiger partial charge is 0.260 e. The number of nitrogens with two attached hydrogens (primary N) is 1. The van der Waals surface area contributed by atoms with Crippen LogP contribution in [0.4, 0.5) is 11.4 Å². The van der Waals surface area contributed by atoms with Crippen molar-refractivity contribution >= 4 is 51.8 Å². The Hall–Kier alpha value is -1.23. The van der Waals surface area contributed by atoms with Gasteiger partial charge in [0, 0.05) is 7.05 Å². The number of amides is 1. The molecule has 2 aromatic rings. The summed E-state index contributed by atoms with van der Waals surface area (Å²) in [7, 11) is 1.65. The van der Waals surface area contributed by atoms with Crippen molar-refractivity contribution in [2.45, 2.75) is 0 Å². The average Bonchev–Trinajstić information content (AvgIpc) is 2.67. The van der Waals surface area contributed by atoms with E-state index in [-0.39, 0.29) is 5.91 Å². The van der Waals surface area contributed by atoms with E-state index in [2.05, 4.69) is 0 Å². The van der Waals surface area contributed by atoms with Crippen LogP contribution in [-0.4, -0.2) is 13.0 Å². The lowest BCUT2D eigenvalue weighted by molar-refractivity contribution is 0.0993. The van der Waals surface area contributed by atoms with Gasteiger partial charge in [-0.2, -0.15) is 0 Å². The molecule has 94 valence electrons. The van der Waals surface area contributed by atoms with Crippen molar-refractivity contribution in [3.05, 3.63) is 44.6 Å². The minimum atomic E-state index is -0.235. The van der Waals surface area contributed by atoms with Crippen molar-refractivity contribution in [1.29, 1.82) is 0 Å². The molecule has 0 unspecified atom stereocenters. The molecule has 1 amide bonds. The predicted molar refractivity (Wildman–Crippen MR) is 77.9 cm³/mol. The largest absolute Gasteiger partial charge is 0.397 e. The molecule has 0 spiro atoms. The molecule has 0 aliphatic heterocycles. The highest BCUT2D eigenvalue weighted by Gasteiger charge is 2.20. The maximum absolute atomic E-state index is 12.3. The second-order valence-corrected chi connectivity index (χ2v) is 5.95. The number of para-hydroxylation sites is 2. The molecule has 0 atom stereocenters. The van der Waals surface area contributed by atoms with Crippen LogP contribution in [0.15, 0.2) is 30.3 Å². The number of nitrogens with zero attached hydrogens (tertiary/aromatic N) is 1. The van der Waals surface area contributed by atoms with Crippen LogP contribution in [0.1, 0.15) is 10.4 Å². The van der Waals surface area contributed by atoms with Gasteiger partial charge in [0.05, 0.1) is 21.3 Å². The maximum atomic E-state index is 12.3. The molecule has 3 nitrogen and oxygen atoms in total. The molecule has 0 radical (unpaired) electrons. The number of nitrogen functional groups attached to an aromatic ring is 1. The number of carbonyl (C=O) groups is 1. The standard InChI is InChI=1S/C12H10Cl2N2OS/c1-16(9-5-3-2-4-8(9)15)12(17)7-6-10(13)18-11(7)14/h2-6H,15H2,1H3. The molecule has 2 N–H and O–H groups in total. The Kier molecular flexibility index (Phi) is 3.80. The monoisotopic (exact) mass is 300 g/mol. The van der Waals surface area contributed by atoms with Crippen molar-refractivity contribution in [1.82, 2.24) is 0 Å². The highest BCUT2D eigenvalue weighted by atomic mass is 35.5. The molecule has 0 aliphatic carbocycles. The summed E-state index contributed by atoms with van der Waals surface area (Å²) in [4.78, 5) is 13.7. The molecule has 1 heterocycles. The zero-order chi connectivity index (χ0) is 13.3. The lowest BCUT2D eigenvalue weighted by Gasteiger charge is -2.18. The highest BCUT2D eigenvalue weighted by molar-refractivity contribution is 7.20. The number of halogens is 2. The summed E-state index contributed by atoms with van der Waals surface area (Å²) in [6.07, 6.45) is 0. The first kappa shape index (κ1) is 13.2. The molecule has 0 fully saturated rings. The Balaban J connectivity index is 2.35. The molecule has 1 aromatic heterocycles. The van der Waals surface area contributed by atoms with Crippen LogP contribution in [0.2, 0.25) is 8.67 Å². The quantitative estimate of drug-likeness (QED) is 0.855. The number of benzene rings is 1. The normalized spacial score (nSPS) is 10.4. The number of thiophene rings is 1. The van der Waals surface area contributed by atoms with E-state index in [4.69, 9.17) is 28.9 Å². The molecule has 0 saturated carbocycles. The van der Waals surface area contributed by atoms with Gasteiger partial charge in [-0.1, -0.05) is 35.3 Å². The first-order valence-corrected chi connectivity index (χ1v) is 6.65. The topological polar surface area (TPSA) is 46.3 Å². The third-order valence-electron chi connectivity index (χ3n) is 2.49. The van der Waals surface area contributed by atoms with Crippen molar-refractivity contribution in [2.24, 2.45) is 0 Å². The van der Waals surface area contributed by atoms with Crippen LogP contribution in [0.5, 0.6) is 0 Å². The number of hydrogen-bond acceptors (Lipinski definition) is 3. The molecular weight excluding hydrogens is 291 g/mol. The summed E-state index contributed by atoms with van der Waals surface area (Å²) < 4.78 is 0.865. The molecule has 0 aliphatic rings. The fraction of sp³-hybridized carbons (Fsp3) is 0.0833. The lowest BCUT2D eigenvalue weighted by Crippen LogP contribution is -2.26. The predicted octanol–water partition coefficient (Wildman–Crippen LogP) is 3.91. The van der Waals surface area contributed by atoms with E-state index < -0.39 is 0 Å². The van der Waals surface area contributed by atoms with Gasteiger partial charge in [-0.3, -0.25) is 4.79 Å². The molecule has 18 heavy (non-hydrogen) atoms. The summed E-state index contributed by atoms with van der Waals surface area (Å²) in [6.45, 7) is 0. The van der Waals surface area contributed by atoms with E-state index in [9.17, 15) is 4.79 Å². The Morgan fingerprint density at radius 1 is 1.33 bits per heavy atom. The minimum absolute atomic E-state index is 0.235. The Morgan fingerprint density at radius 2 is 2.00 bits per heavy atom. The zero-order valence-electron chi connectivity index (χ0n) is 9.48. The average molecular weight is 301 g/mol. The second-order valence-electron chi connectivity index (χ2n) is 3.66. The summed E-state index contributed by atoms with van der Waals surface area (Å²) in [5, 5.41) is 0. The van der Waals surface area contributed by atoms with Crippen molar-refractivity contribution in [3.8, 4) is 0 Å². The highest BCUT2D eigenvalue weighted by Crippen LogP contribution is 2.33. The number of hydrogen-bond donors (Lipinski definition) is 1. The number of anilines is 2. The van der Waals surface area contributed by atoms with Gasteiger partial charge in [0.2, 0.25) is 0 Å². The molecule has 0 bridgehead atoms. The first-order chi connectivity index (χ1) is 8.50. The Morgan fingerprint density at radius 3 is 2.56 bits per heavy atom. The van der Waals surface area contributed by atoms with E-state index in [1.54, 1.807) is 25.2 Å². The molecule has 0 saturated heterocycles. The lowest BCUT2D eigenvalue weighted by atomic mass is 10.2. The SMILES string of the molecule is CN(C(=O)c1cc(Cl)sc1Cl)c1ccccc1N. The third kappa shape index (κ3) is 2.46. The van der Waals surface area contributed by atoms with Crippen LogP contribution in [0, 0.1) is 0 Å².